The second kappa shape index (κ2) is 5.82. The minimum atomic E-state index is -0.382. The molecular formula is C13H12BrFN2O. The van der Waals surface area contributed by atoms with Gasteiger partial charge < -0.3 is 10.1 Å². The maximum atomic E-state index is 13.5. The van der Waals surface area contributed by atoms with Crippen LogP contribution in [0.25, 0.3) is 0 Å². The number of methoxy groups -OCH3 is 1. The highest BCUT2D eigenvalue weighted by atomic mass is 79.9. The molecular weight excluding hydrogens is 299 g/mol. The summed E-state index contributed by atoms with van der Waals surface area (Å²) in [5.74, 6) is 0.631. The fourth-order valence-electron chi connectivity index (χ4n) is 1.51. The van der Waals surface area contributed by atoms with E-state index in [4.69, 9.17) is 4.74 Å². The van der Waals surface area contributed by atoms with Gasteiger partial charge in [0.15, 0.2) is 11.6 Å². The van der Waals surface area contributed by atoms with Gasteiger partial charge in [0.05, 0.1) is 7.11 Å². The van der Waals surface area contributed by atoms with Crippen molar-refractivity contribution in [3.05, 3.63) is 52.4 Å². The first-order chi connectivity index (χ1) is 8.69. The number of nitrogens with zero attached hydrogens (tertiary/aromatic N) is 1. The lowest BCUT2D eigenvalue weighted by Gasteiger charge is -2.08. The molecule has 0 saturated carbocycles. The van der Waals surface area contributed by atoms with Crippen LogP contribution in [0.4, 0.5) is 10.2 Å². The van der Waals surface area contributed by atoms with Gasteiger partial charge in [-0.05, 0) is 39.7 Å². The van der Waals surface area contributed by atoms with E-state index in [0.29, 0.717) is 11.0 Å². The molecule has 0 radical (unpaired) electrons. The third-order valence-corrected chi connectivity index (χ3v) is 2.84. The molecule has 3 nitrogen and oxygen atoms in total. The largest absolute Gasteiger partial charge is 0.497 e. The fraction of sp³-hybridized carbons (Fsp3) is 0.154. The van der Waals surface area contributed by atoms with E-state index in [2.05, 4.69) is 26.2 Å². The summed E-state index contributed by atoms with van der Waals surface area (Å²) in [5.41, 5.74) is 0.999. The second-order valence-corrected chi connectivity index (χ2v) is 4.60. The van der Waals surface area contributed by atoms with Crippen LogP contribution in [0.15, 0.2) is 41.0 Å². The lowest BCUT2D eigenvalue weighted by molar-refractivity contribution is 0.414. The minimum absolute atomic E-state index is 0.237. The van der Waals surface area contributed by atoms with Crippen molar-refractivity contribution in [2.24, 2.45) is 0 Å². The average Bonchev–Trinajstić information content (AvgIpc) is 2.38. The number of pyridine rings is 1. The molecule has 1 aromatic carbocycles. The highest BCUT2D eigenvalue weighted by molar-refractivity contribution is 9.10. The summed E-state index contributed by atoms with van der Waals surface area (Å²) in [6.45, 7) is 0.489. The molecule has 1 heterocycles. The normalized spacial score (nSPS) is 10.2. The smallest absolute Gasteiger partial charge is 0.166 e. The van der Waals surface area contributed by atoms with E-state index in [9.17, 15) is 4.39 Å². The van der Waals surface area contributed by atoms with Crippen LogP contribution in [-0.2, 0) is 6.54 Å². The molecule has 0 saturated heterocycles. The third kappa shape index (κ3) is 3.20. The maximum Gasteiger partial charge on any atom is 0.166 e. The summed E-state index contributed by atoms with van der Waals surface area (Å²) >= 11 is 3.16. The monoisotopic (exact) mass is 310 g/mol. The molecule has 0 aliphatic rings. The van der Waals surface area contributed by atoms with Gasteiger partial charge in [-0.1, -0.05) is 12.1 Å². The molecule has 0 spiro atoms. The lowest BCUT2D eigenvalue weighted by Crippen LogP contribution is -2.03. The zero-order valence-corrected chi connectivity index (χ0v) is 11.4. The molecule has 2 rings (SSSR count). The maximum absolute atomic E-state index is 13.5. The predicted molar refractivity (Wildman–Crippen MR) is 72.2 cm³/mol. The molecule has 0 amide bonds. The Labute approximate surface area is 113 Å². The Balaban J connectivity index is 2.06. The molecule has 18 heavy (non-hydrogen) atoms. The number of benzene rings is 1. The molecule has 0 atom stereocenters. The number of aromatic nitrogens is 1. The van der Waals surface area contributed by atoms with E-state index >= 15 is 0 Å². The molecule has 5 heteroatoms. The van der Waals surface area contributed by atoms with Crippen molar-refractivity contribution < 1.29 is 9.13 Å². The number of hydrogen-bond acceptors (Lipinski definition) is 3. The van der Waals surface area contributed by atoms with Crippen molar-refractivity contribution in [1.82, 2.24) is 4.98 Å². The Kier molecular flexibility index (Phi) is 4.15. The number of halogens is 2. The molecule has 94 valence electrons. The van der Waals surface area contributed by atoms with E-state index in [1.807, 2.05) is 24.3 Å². The summed E-state index contributed by atoms with van der Waals surface area (Å²) in [6.07, 6.45) is 1.55. The van der Waals surface area contributed by atoms with Gasteiger partial charge in [-0.15, -0.1) is 0 Å². The van der Waals surface area contributed by atoms with Crippen molar-refractivity contribution in [3.63, 3.8) is 0 Å². The molecule has 2 aromatic rings. The Morgan fingerprint density at radius 3 is 2.94 bits per heavy atom. The van der Waals surface area contributed by atoms with Crippen molar-refractivity contribution >= 4 is 21.7 Å². The zero-order chi connectivity index (χ0) is 13.0. The van der Waals surface area contributed by atoms with E-state index in [-0.39, 0.29) is 11.6 Å². The van der Waals surface area contributed by atoms with E-state index in [0.717, 1.165) is 11.3 Å². The van der Waals surface area contributed by atoms with Crippen molar-refractivity contribution in [3.8, 4) is 5.75 Å². The Morgan fingerprint density at radius 1 is 1.39 bits per heavy atom. The molecule has 0 unspecified atom stereocenters. The van der Waals surface area contributed by atoms with Gasteiger partial charge in [0.1, 0.15) is 5.75 Å². The summed E-state index contributed by atoms with van der Waals surface area (Å²) in [6, 6.07) is 8.96. The zero-order valence-electron chi connectivity index (χ0n) is 9.78. The van der Waals surface area contributed by atoms with Crippen LogP contribution in [0.1, 0.15) is 5.56 Å². The van der Waals surface area contributed by atoms with Gasteiger partial charge in [-0.25, -0.2) is 9.37 Å². The highest BCUT2D eigenvalue weighted by Crippen LogP contribution is 2.18. The summed E-state index contributed by atoms with van der Waals surface area (Å²) in [7, 11) is 1.61. The number of nitrogens with one attached hydrogen (secondary N) is 1. The first-order valence-electron chi connectivity index (χ1n) is 5.37. The van der Waals surface area contributed by atoms with Crippen LogP contribution in [0.5, 0.6) is 5.75 Å². The van der Waals surface area contributed by atoms with Gasteiger partial charge in [-0.2, -0.15) is 0 Å². The Hall–Kier alpha value is -1.62. The van der Waals surface area contributed by atoms with Gasteiger partial charge in [0.25, 0.3) is 0 Å². The Bertz CT molecular complexity index is 548. The highest BCUT2D eigenvalue weighted by Gasteiger charge is 2.04. The van der Waals surface area contributed by atoms with Crippen LogP contribution in [-0.4, -0.2) is 12.1 Å². The van der Waals surface area contributed by atoms with Crippen LogP contribution < -0.4 is 10.1 Å². The lowest BCUT2D eigenvalue weighted by atomic mass is 10.2. The molecule has 0 bridgehead atoms. The average molecular weight is 311 g/mol. The first-order valence-corrected chi connectivity index (χ1v) is 6.16. The van der Waals surface area contributed by atoms with Crippen LogP contribution in [0.3, 0.4) is 0 Å². The molecule has 1 N–H and O–H groups in total. The third-order valence-electron chi connectivity index (χ3n) is 2.40. The standard InChI is InChI=1S/C13H12BrFN2O/c1-18-11-4-2-3-9(5-11)7-16-13-12(15)6-10(14)8-17-13/h2-6,8H,7H2,1H3,(H,16,17). The predicted octanol–water partition coefficient (Wildman–Crippen LogP) is 3.60. The minimum Gasteiger partial charge on any atom is -0.497 e. The van der Waals surface area contributed by atoms with Gasteiger partial charge in [-0.3, -0.25) is 0 Å². The van der Waals surface area contributed by atoms with Crippen molar-refractivity contribution in [2.45, 2.75) is 6.54 Å². The molecule has 0 fully saturated rings. The fourth-order valence-corrected chi connectivity index (χ4v) is 1.82. The van der Waals surface area contributed by atoms with E-state index < -0.39 is 0 Å². The number of anilines is 1. The summed E-state index contributed by atoms with van der Waals surface area (Å²) in [4.78, 5) is 3.97. The van der Waals surface area contributed by atoms with Crippen LogP contribution in [0, 0.1) is 5.82 Å². The Morgan fingerprint density at radius 2 is 2.22 bits per heavy atom. The number of hydrogen-bond donors (Lipinski definition) is 1. The SMILES string of the molecule is COc1cccc(CNc2ncc(Br)cc2F)c1. The van der Waals surface area contributed by atoms with E-state index in [1.165, 1.54) is 6.07 Å². The second-order valence-electron chi connectivity index (χ2n) is 3.69. The van der Waals surface area contributed by atoms with Crippen molar-refractivity contribution in [1.29, 1.82) is 0 Å². The number of rotatable bonds is 4. The first kappa shape index (κ1) is 12.8. The molecule has 0 aliphatic carbocycles. The van der Waals surface area contributed by atoms with Crippen molar-refractivity contribution in [2.75, 3.05) is 12.4 Å². The van der Waals surface area contributed by atoms with Crippen LogP contribution >= 0.6 is 15.9 Å². The van der Waals surface area contributed by atoms with Crippen LogP contribution in [0.2, 0.25) is 0 Å². The van der Waals surface area contributed by atoms with E-state index in [1.54, 1.807) is 13.3 Å². The summed E-state index contributed by atoms with van der Waals surface area (Å²) in [5, 5.41) is 2.95. The van der Waals surface area contributed by atoms with Gasteiger partial charge >= 0.3 is 0 Å². The molecule has 1 aromatic heterocycles. The number of ether oxygens (including phenoxy) is 1. The van der Waals surface area contributed by atoms with Gasteiger partial charge in [0, 0.05) is 17.2 Å². The van der Waals surface area contributed by atoms with Gasteiger partial charge in [0.2, 0.25) is 0 Å². The quantitative estimate of drug-likeness (QED) is 0.937. The summed E-state index contributed by atoms with van der Waals surface area (Å²) < 4.78 is 19.3. The topological polar surface area (TPSA) is 34.1 Å². The molecule has 0 aliphatic heterocycles.